The van der Waals surface area contributed by atoms with Crippen LogP contribution in [0.15, 0.2) is 36.4 Å². The van der Waals surface area contributed by atoms with Crippen molar-refractivity contribution in [2.24, 2.45) is 0 Å². The van der Waals surface area contributed by atoms with Gasteiger partial charge in [0, 0.05) is 0 Å². The van der Waals surface area contributed by atoms with Gasteiger partial charge in [-0.2, -0.15) is 0 Å². The highest BCUT2D eigenvalue weighted by atomic mass is 32.1. The number of rotatable bonds is 6. The van der Waals surface area contributed by atoms with Crippen LogP contribution in [-0.4, -0.2) is 17.5 Å². The number of benzene rings is 2. The Bertz CT molecular complexity index is 877. The lowest BCUT2D eigenvalue weighted by Crippen LogP contribution is -2.20. The molecule has 1 N–H and O–H groups in total. The molecule has 1 aromatic heterocycles. The standard InChI is InChI=1S/C21H24N2O2S/c1-5-13(2)16-8-10-17(11-9-16)25-12-18(24)22-21-23-19-14(3)6-7-15(4)20(19)26-21/h6-11,13H,5,12H2,1-4H3,(H,22,23,24)/t13-/m1/s1. The Kier molecular flexibility index (Phi) is 5.57. The van der Waals surface area contributed by atoms with Crippen molar-refractivity contribution in [3.8, 4) is 5.75 Å². The minimum atomic E-state index is -0.203. The summed E-state index contributed by atoms with van der Waals surface area (Å²) >= 11 is 1.50. The molecular weight excluding hydrogens is 344 g/mol. The summed E-state index contributed by atoms with van der Waals surface area (Å²) in [5.74, 6) is 1.02. The van der Waals surface area contributed by atoms with Gasteiger partial charge in [0.2, 0.25) is 0 Å². The maximum atomic E-state index is 12.2. The molecule has 0 aliphatic rings. The fraction of sp³-hybridized carbons (Fsp3) is 0.333. The van der Waals surface area contributed by atoms with Gasteiger partial charge in [-0.05, 0) is 55.0 Å². The van der Waals surface area contributed by atoms with Crippen molar-refractivity contribution in [1.29, 1.82) is 0 Å². The molecule has 1 heterocycles. The van der Waals surface area contributed by atoms with E-state index in [1.54, 1.807) is 0 Å². The zero-order chi connectivity index (χ0) is 18.7. The third-order valence-electron chi connectivity index (χ3n) is 4.62. The largest absolute Gasteiger partial charge is 0.484 e. The van der Waals surface area contributed by atoms with Crippen molar-refractivity contribution in [3.63, 3.8) is 0 Å². The van der Waals surface area contributed by atoms with Gasteiger partial charge in [0.25, 0.3) is 5.91 Å². The highest BCUT2D eigenvalue weighted by molar-refractivity contribution is 7.22. The molecular formula is C21H24N2O2S. The highest BCUT2D eigenvalue weighted by Gasteiger charge is 2.11. The number of aryl methyl sites for hydroxylation is 2. The molecule has 1 atom stereocenters. The number of anilines is 1. The van der Waals surface area contributed by atoms with E-state index in [4.69, 9.17) is 4.74 Å². The second-order valence-electron chi connectivity index (χ2n) is 6.61. The van der Waals surface area contributed by atoms with E-state index in [0.717, 1.165) is 22.2 Å². The van der Waals surface area contributed by atoms with E-state index in [2.05, 4.69) is 55.3 Å². The van der Waals surface area contributed by atoms with Gasteiger partial charge in [-0.1, -0.05) is 49.4 Å². The molecule has 0 radical (unpaired) electrons. The Balaban J connectivity index is 1.61. The van der Waals surface area contributed by atoms with Crippen LogP contribution in [-0.2, 0) is 4.79 Å². The van der Waals surface area contributed by atoms with Crippen LogP contribution in [0.1, 0.15) is 42.9 Å². The fourth-order valence-corrected chi connectivity index (χ4v) is 3.77. The smallest absolute Gasteiger partial charge is 0.264 e. The maximum Gasteiger partial charge on any atom is 0.264 e. The number of ether oxygens (including phenoxy) is 1. The molecule has 26 heavy (non-hydrogen) atoms. The van der Waals surface area contributed by atoms with Gasteiger partial charge < -0.3 is 4.74 Å². The predicted molar refractivity (Wildman–Crippen MR) is 108 cm³/mol. The summed E-state index contributed by atoms with van der Waals surface area (Å²) in [7, 11) is 0. The normalized spacial score (nSPS) is 12.2. The molecule has 0 fully saturated rings. The number of fused-ring (bicyclic) bond motifs is 1. The lowest BCUT2D eigenvalue weighted by atomic mass is 9.99. The van der Waals surface area contributed by atoms with Gasteiger partial charge in [-0.3, -0.25) is 10.1 Å². The van der Waals surface area contributed by atoms with Gasteiger partial charge in [-0.25, -0.2) is 4.98 Å². The molecule has 3 aromatic rings. The summed E-state index contributed by atoms with van der Waals surface area (Å²) in [6.07, 6.45) is 1.10. The summed E-state index contributed by atoms with van der Waals surface area (Å²) in [4.78, 5) is 16.7. The number of hydrogen-bond donors (Lipinski definition) is 1. The van der Waals surface area contributed by atoms with Crippen LogP contribution in [0.5, 0.6) is 5.75 Å². The van der Waals surface area contributed by atoms with Crippen LogP contribution < -0.4 is 10.1 Å². The first-order valence-electron chi connectivity index (χ1n) is 8.87. The highest BCUT2D eigenvalue weighted by Crippen LogP contribution is 2.30. The summed E-state index contributed by atoms with van der Waals surface area (Å²) in [6.45, 7) is 8.42. The van der Waals surface area contributed by atoms with Gasteiger partial charge in [-0.15, -0.1) is 0 Å². The van der Waals surface area contributed by atoms with Crippen LogP contribution in [0.2, 0.25) is 0 Å². The van der Waals surface area contributed by atoms with E-state index >= 15 is 0 Å². The molecule has 136 valence electrons. The number of nitrogens with one attached hydrogen (secondary N) is 1. The van der Waals surface area contributed by atoms with E-state index in [-0.39, 0.29) is 12.5 Å². The Hall–Kier alpha value is -2.40. The SMILES string of the molecule is CC[C@@H](C)c1ccc(OCC(=O)Nc2nc3c(C)ccc(C)c3s2)cc1. The lowest BCUT2D eigenvalue weighted by molar-refractivity contribution is -0.118. The molecule has 0 saturated carbocycles. The average Bonchev–Trinajstić information content (AvgIpc) is 3.08. The van der Waals surface area contributed by atoms with Gasteiger partial charge in [0.1, 0.15) is 5.75 Å². The van der Waals surface area contributed by atoms with E-state index in [9.17, 15) is 4.79 Å². The number of hydrogen-bond acceptors (Lipinski definition) is 4. The third-order valence-corrected chi connectivity index (χ3v) is 5.73. The van der Waals surface area contributed by atoms with Crippen molar-refractivity contribution >= 4 is 32.6 Å². The number of carbonyl (C=O) groups is 1. The zero-order valence-electron chi connectivity index (χ0n) is 15.6. The van der Waals surface area contributed by atoms with Gasteiger partial charge in [0.15, 0.2) is 11.7 Å². The van der Waals surface area contributed by atoms with E-state index < -0.39 is 0 Å². The molecule has 0 saturated heterocycles. The van der Waals surface area contributed by atoms with Crippen LogP contribution in [0, 0.1) is 13.8 Å². The molecule has 0 aliphatic heterocycles. The first-order valence-corrected chi connectivity index (χ1v) is 9.69. The number of carbonyl (C=O) groups excluding carboxylic acids is 1. The second kappa shape index (κ2) is 7.87. The van der Waals surface area contributed by atoms with Crippen molar-refractivity contribution in [3.05, 3.63) is 53.1 Å². The molecule has 4 nitrogen and oxygen atoms in total. The Morgan fingerprint density at radius 2 is 1.85 bits per heavy atom. The first-order chi connectivity index (χ1) is 12.5. The fourth-order valence-electron chi connectivity index (χ4n) is 2.75. The first kappa shape index (κ1) is 18.4. The summed E-state index contributed by atoms with van der Waals surface area (Å²) in [6, 6.07) is 12.1. The van der Waals surface area contributed by atoms with Crippen molar-refractivity contribution < 1.29 is 9.53 Å². The molecule has 0 unspecified atom stereocenters. The molecule has 0 aliphatic carbocycles. The summed E-state index contributed by atoms with van der Waals surface area (Å²) < 4.78 is 6.71. The van der Waals surface area contributed by atoms with Crippen LogP contribution in [0.4, 0.5) is 5.13 Å². The van der Waals surface area contributed by atoms with E-state index in [1.807, 2.05) is 19.1 Å². The average molecular weight is 369 g/mol. The van der Waals surface area contributed by atoms with Crippen LogP contribution in [0.3, 0.4) is 0 Å². The van der Waals surface area contributed by atoms with Crippen molar-refractivity contribution in [2.75, 3.05) is 11.9 Å². The van der Waals surface area contributed by atoms with Crippen molar-refractivity contribution in [1.82, 2.24) is 4.98 Å². The molecule has 2 aromatic carbocycles. The van der Waals surface area contributed by atoms with E-state index in [0.29, 0.717) is 16.8 Å². The van der Waals surface area contributed by atoms with Crippen molar-refractivity contribution in [2.45, 2.75) is 40.0 Å². The summed E-state index contributed by atoms with van der Waals surface area (Å²) in [5.41, 5.74) is 4.51. The lowest BCUT2D eigenvalue weighted by Gasteiger charge is -2.10. The van der Waals surface area contributed by atoms with Gasteiger partial charge in [0.05, 0.1) is 10.2 Å². The number of amides is 1. The minimum absolute atomic E-state index is 0.0312. The third kappa shape index (κ3) is 4.05. The maximum absolute atomic E-state index is 12.2. The molecule has 3 rings (SSSR count). The zero-order valence-corrected chi connectivity index (χ0v) is 16.4. The topological polar surface area (TPSA) is 51.2 Å². The Labute approximate surface area is 158 Å². The molecule has 5 heteroatoms. The minimum Gasteiger partial charge on any atom is -0.484 e. The number of nitrogens with zero attached hydrogens (tertiary/aromatic N) is 1. The quantitative estimate of drug-likeness (QED) is 0.630. The molecule has 0 spiro atoms. The number of thiazole rings is 1. The molecule has 0 bridgehead atoms. The van der Waals surface area contributed by atoms with Crippen LogP contribution >= 0.6 is 11.3 Å². The van der Waals surface area contributed by atoms with Crippen LogP contribution in [0.25, 0.3) is 10.2 Å². The predicted octanol–water partition coefficient (Wildman–Crippen LogP) is 5.44. The second-order valence-corrected chi connectivity index (χ2v) is 7.61. The Morgan fingerprint density at radius 1 is 1.15 bits per heavy atom. The number of aromatic nitrogens is 1. The van der Waals surface area contributed by atoms with Gasteiger partial charge >= 0.3 is 0 Å². The molecule has 1 amide bonds. The summed E-state index contributed by atoms with van der Waals surface area (Å²) in [5, 5.41) is 3.45. The monoisotopic (exact) mass is 368 g/mol. The Morgan fingerprint density at radius 3 is 2.50 bits per heavy atom. The van der Waals surface area contributed by atoms with E-state index in [1.165, 1.54) is 22.5 Å².